The summed E-state index contributed by atoms with van der Waals surface area (Å²) in [5.74, 6) is 0. The molecule has 0 aromatic heterocycles. The molecule has 0 amide bonds. The summed E-state index contributed by atoms with van der Waals surface area (Å²) in [7, 11) is 0. The maximum atomic E-state index is 12.9. The van der Waals surface area contributed by atoms with Crippen LogP contribution in [0.5, 0.6) is 0 Å². The molecular formula is C39H77AlO3. The molecule has 3 nitrogen and oxygen atoms in total. The molecule has 0 fully saturated rings. The summed E-state index contributed by atoms with van der Waals surface area (Å²) >= 11 is -2.44. The van der Waals surface area contributed by atoms with Gasteiger partial charge in [-0.1, -0.05) is 194 Å². The van der Waals surface area contributed by atoms with Gasteiger partial charge in [0.25, 0.3) is 0 Å². The van der Waals surface area contributed by atoms with Gasteiger partial charge in [0.1, 0.15) is 9.29 Å². The summed E-state index contributed by atoms with van der Waals surface area (Å²) in [6.07, 6.45) is 40.8. The van der Waals surface area contributed by atoms with E-state index in [9.17, 15) is 9.59 Å². The highest BCUT2D eigenvalue weighted by atomic mass is 27.2. The molecule has 0 bridgehead atoms. The zero-order valence-corrected chi connectivity index (χ0v) is 31.2. The largest absolute Gasteiger partial charge is 0.633 e. The molecule has 0 saturated carbocycles. The Morgan fingerprint density at radius 2 is 0.605 bits per heavy atom. The highest BCUT2D eigenvalue weighted by Gasteiger charge is 2.38. The summed E-state index contributed by atoms with van der Waals surface area (Å²) in [4.78, 5) is 25.9. The van der Waals surface area contributed by atoms with Crippen molar-refractivity contribution in [1.82, 2.24) is 0 Å². The van der Waals surface area contributed by atoms with E-state index in [0.717, 1.165) is 25.7 Å². The Bertz CT molecular complexity index is 545. The first-order valence-electron chi connectivity index (χ1n) is 19.7. The molecule has 0 N–H and O–H groups in total. The van der Waals surface area contributed by atoms with Gasteiger partial charge in [0, 0.05) is 6.10 Å². The molecule has 0 aliphatic heterocycles. The summed E-state index contributed by atoms with van der Waals surface area (Å²) in [6, 6.07) is 0. The van der Waals surface area contributed by atoms with Crippen molar-refractivity contribution < 1.29 is 13.4 Å². The van der Waals surface area contributed by atoms with Crippen LogP contribution in [-0.2, 0) is 13.4 Å². The average Bonchev–Trinajstić information content (AvgIpc) is 2.99. The van der Waals surface area contributed by atoms with E-state index in [1.54, 1.807) is 0 Å². The van der Waals surface area contributed by atoms with Gasteiger partial charge < -0.3 is 13.4 Å². The lowest BCUT2D eigenvalue weighted by Crippen LogP contribution is -2.40. The van der Waals surface area contributed by atoms with Crippen LogP contribution in [0.4, 0.5) is 0 Å². The summed E-state index contributed by atoms with van der Waals surface area (Å²) in [5, 5.41) is 0. The highest BCUT2D eigenvalue weighted by Crippen LogP contribution is 2.16. The molecule has 0 aliphatic carbocycles. The third kappa shape index (κ3) is 31.6. The predicted octanol–water partition coefficient (Wildman–Crippen LogP) is 13.1. The summed E-state index contributed by atoms with van der Waals surface area (Å²) in [6.45, 7) is 8.49. The maximum absolute atomic E-state index is 12.9. The minimum Gasteiger partial charge on any atom is -0.489 e. The van der Waals surface area contributed by atoms with Crippen LogP contribution >= 0.6 is 0 Å². The standard InChI is InChI=1S/2C18H35O.C3H7O.Al/c2*1-2-3-4-5-6-7-8-9-10-11-12-13-14-15-16-17-18-19;1-3(2)4;/h2*2-17H2,1H3;3H,1-2H3;/q;;-1;+1. The Kier molecular flexibility index (Phi) is 34.6. The second-order valence-electron chi connectivity index (χ2n) is 13.9. The van der Waals surface area contributed by atoms with Crippen LogP contribution in [0.15, 0.2) is 0 Å². The van der Waals surface area contributed by atoms with Gasteiger partial charge in [-0.2, -0.15) is 0 Å². The first-order valence-corrected chi connectivity index (χ1v) is 21.4. The van der Waals surface area contributed by atoms with Crippen LogP contribution in [0.25, 0.3) is 0 Å². The van der Waals surface area contributed by atoms with E-state index >= 15 is 0 Å². The topological polar surface area (TPSA) is 43.4 Å². The van der Waals surface area contributed by atoms with E-state index in [0.29, 0.717) is 12.8 Å². The third-order valence-electron chi connectivity index (χ3n) is 9.05. The number of unbranched alkanes of at least 4 members (excludes halogenated alkanes) is 28. The Balaban J connectivity index is 3.75. The van der Waals surface area contributed by atoms with Crippen LogP contribution in [0, 0.1) is 0 Å². The zero-order chi connectivity index (χ0) is 31.6. The first kappa shape index (κ1) is 42.8. The van der Waals surface area contributed by atoms with Crippen molar-refractivity contribution in [1.29, 1.82) is 0 Å². The van der Waals surface area contributed by atoms with E-state index in [1.165, 1.54) is 167 Å². The van der Waals surface area contributed by atoms with Crippen molar-refractivity contribution in [3.05, 3.63) is 0 Å². The van der Waals surface area contributed by atoms with Gasteiger partial charge >= 0.3 is 14.5 Å². The lowest BCUT2D eigenvalue weighted by atomic mass is 10.0. The number of rotatable bonds is 36. The average molecular weight is 621 g/mol. The molecular weight excluding hydrogens is 543 g/mol. The maximum Gasteiger partial charge on any atom is 0.633 e. The predicted molar refractivity (Wildman–Crippen MR) is 191 cm³/mol. The summed E-state index contributed by atoms with van der Waals surface area (Å²) in [5.41, 5.74) is 0. The van der Waals surface area contributed by atoms with E-state index < -0.39 is 14.5 Å². The number of carbonyl (C=O) groups is 2. The van der Waals surface area contributed by atoms with Gasteiger partial charge in [0.05, 0.1) is 0 Å². The van der Waals surface area contributed by atoms with Crippen LogP contribution in [-0.4, -0.2) is 29.9 Å². The Morgan fingerprint density at radius 1 is 0.395 bits per heavy atom. The Hall–Kier alpha value is -0.168. The van der Waals surface area contributed by atoms with E-state index in [-0.39, 0.29) is 15.4 Å². The van der Waals surface area contributed by atoms with Crippen molar-refractivity contribution in [2.45, 2.75) is 239 Å². The Morgan fingerprint density at radius 3 is 0.814 bits per heavy atom. The van der Waals surface area contributed by atoms with E-state index in [2.05, 4.69) is 13.8 Å². The third-order valence-corrected chi connectivity index (χ3v) is 11.6. The molecule has 0 saturated heterocycles. The highest BCUT2D eigenvalue weighted by molar-refractivity contribution is 7.07. The monoisotopic (exact) mass is 621 g/mol. The molecule has 0 unspecified atom stereocenters. The van der Waals surface area contributed by atoms with Crippen molar-refractivity contribution in [3.8, 4) is 0 Å². The van der Waals surface area contributed by atoms with Crippen LogP contribution < -0.4 is 0 Å². The van der Waals surface area contributed by atoms with Crippen molar-refractivity contribution in [3.63, 3.8) is 0 Å². The van der Waals surface area contributed by atoms with E-state index in [4.69, 9.17) is 3.79 Å². The fraction of sp³-hybridized carbons (Fsp3) is 0.949. The van der Waals surface area contributed by atoms with Crippen molar-refractivity contribution in [2.75, 3.05) is 0 Å². The second kappa shape index (κ2) is 34.7. The van der Waals surface area contributed by atoms with E-state index in [1.807, 2.05) is 13.8 Å². The molecule has 0 atom stereocenters. The molecule has 0 spiro atoms. The Labute approximate surface area is 275 Å². The molecule has 43 heavy (non-hydrogen) atoms. The molecule has 254 valence electrons. The van der Waals surface area contributed by atoms with Crippen molar-refractivity contribution in [2.24, 2.45) is 0 Å². The lowest BCUT2D eigenvalue weighted by Gasteiger charge is -2.14. The molecule has 0 aromatic rings. The van der Waals surface area contributed by atoms with Gasteiger partial charge in [0.2, 0.25) is 0 Å². The van der Waals surface area contributed by atoms with Gasteiger partial charge in [-0.25, -0.2) is 0 Å². The normalized spacial score (nSPS) is 11.5. The van der Waals surface area contributed by atoms with Crippen molar-refractivity contribution >= 4 is 23.8 Å². The molecule has 0 radical (unpaired) electrons. The SMILES string of the molecule is CCCCCCCCCCCCCCCCC[C](=O)[Al]([O]C(C)C)[C](=O)CCCCCCCCCCCCCCCCC. The second-order valence-corrected chi connectivity index (χ2v) is 16.2. The lowest BCUT2D eigenvalue weighted by molar-refractivity contribution is -0.118. The number of carbonyl (C=O) groups excluding carboxylic acids is 2. The molecule has 0 aromatic carbocycles. The minimum absolute atomic E-state index is 0.0355. The molecule has 0 heterocycles. The van der Waals surface area contributed by atoms with Gasteiger partial charge in [0.15, 0.2) is 0 Å². The molecule has 4 heteroatoms. The minimum atomic E-state index is -2.44. The van der Waals surface area contributed by atoms with Crippen LogP contribution in [0.1, 0.15) is 233 Å². The molecule has 0 aliphatic rings. The van der Waals surface area contributed by atoms with Crippen LogP contribution in [0.3, 0.4) is 0 Å². The molecule has 0 rings (SSSR count). The zero-order valence-electron chi connectivity index (χ0n) is 30.0. The number of hydrogen-bond acceptors (Lipinski definition) is 3. The summed E-state index contributed by atoms with van der Waals surface area (Å²) < 4.78 is 6.26. The quantitative estimate of drug-likeness (QED) is 0.0517. The smallest absolute Gasteiger partial charge is 0.489 e. The van der Waals surface area contributed by atoms with Crippen LogP contribution in [0.2, 0.25) is 0 Å². The number of hydrogen-bond donors (Lipinski definition) is 0. The van der Waals surface area contributed by atoms with Gasteiger partial charge in [-0.15, -0.1) is 0 Å². The fourth-order valence-corrected chi connectivity index (χ4v) is 8.35. The van der Waals surface area contributed by atoms with Gasteiger partial charge in [-0.05, 0) is 39.5 Å². The fourth-order valence-electron chi connectivity index (χ4n) is 6.21. The first-order chi connectivity index (χ1) is 21.0. The van der Waals surface area contributed by atoms with Gasteiger partial charge in [-0.3, -0.25) is 0 Å².